The first-order valence-corrected chi connectivity index (χ1v) is 4.78. The third kappa shape index (κ3) is 2.86. The van der Waals surface area contributed by atoms with Gasteiger partial charge in [-0.1, -0.05) is 0 Å². The van der Waals surface area contributed by atoms with Crippen molar-refractivity contribution in [2.45, 2.75) is 20.0 Å². The van der Waals surface area contributed by atoms with E-state index in [9.17, 15) is 18.0 Å². The second kappa shape index (κ2) is 4.60. The van der Waals surface area contributed by atoms with Gasteiger partial charge in [-0.15, -0.1) is 0 Å². The van der Waals surface area contributed by atoms with Crippen LogP contribution in [0.3, 0.4) is 0 Å². The first kappa shape index (κ1) is 13.3. The molecule has 4 nitrogen and oxygen atoms in total. The number of nitrogens with zero attached hydrogens (tertiary/aromatic N) is 1. The van der Waals surface area contributed by atoms with Gasteiger partial charge in [-0.2, -0.15) is 13.2 Å². The zero-order valence-electron chi connectivity index (χ0n) is 9.26. The molecule has 0 atom stereocenters. The highest BCUT2D eigenvalue weighted by molar-refractivity contribution is 5.94. The fourth-order valence-corrected chi connectivity index (χ4v) is 1.29. The van der Waals surface area contributed by atoms with Gasteiger partial charge in [-0.25, -0.2) is 9.78 Å². The molecule has 0 aliphatic heterocycles. The maximum absolute atomic E-state index is 12.5. The summed E-state index contributed by atoms with van der Waals surface area (Å²) in [7, 11) is 0. The van der Waals surface area contributed by atoms with Crippen molar-refractivity contribution >= 4 is 11.8 Å². The van der Waals surface area contributed by atoms with Gasteiger partial charge < -0.3 is 10.5 Å². The molecule has 0 aromatic carbocycles. The predicted octanol–water partition coefficient (Wildman–Crippen LogP) is 2.17. The molecular formula is C10H11F3N2O2. The van der Waals surface area contributed by atoms with Gasteiger partial charge in [0.05, 0.1) is 6.61 Å². The van der Waals surface area contributed by atoms with Gasteiger partial charge in [0.15, 0.2) is 0 Å². The summed E-state index contributed by atoms with van der Waals surface area (Å²) in [6, 6.07) is 1.03. The molecule has 1 aromatic rings. The van der Waals surface area contributed by atoms with Crippen molar-refractivity contribution in [2.24, 2.45) is 0 Å². The number of carbonyl (C=O) groups excluding carboxylic acids is 1. The van der Waals surface area contributed by atoms with E-state index in [1.165, 1.54) is 6.92 Å². The molecule has 0 radical (unpaired) electrons. The minimum absolute atomic E-state index is 0.109. The summed E-state index contributed by atoms with van der Waals surface area (Å²) in [4.78, 5) is 14.6. The Morgan fingerprint density at radius 2 is 2.12 bits per heavy atom. The molecule has 0 amide bonds. The Morgan fingerprint density at radius 3 is 2.59 bits per heavy atom. The van der Waals surface area contributed by atoms with Crippen molar-refractivity contribution in [3.8, 4) is 0 Å². The maximum Gasteiger partial charge on any atom is 0.433 e. The standard InChI is InChI=1S/C10H11F3N2O2/c1-3-17-9(16)6-4-5(2)7(10(11,12)13)15-8(6)14/h4H,3H2,1-2H3,(H2,14,15). The molecule has 0 unspecified atom stereocenters. The first-order valence-electron chi connectivity index (χ1n) is 4.78. The highest BCUT2D eigenvalue weighted by Crippen LogP contribution is 2.31. The summed E-state index contributed by atoms with van der Waals surface area (Å²) in [6.07, 6.45) is -4.59. The van der Waals surface area contributed by atoms with Crippen LogP contribution in [0.1, 0.15) is 28.5 Å². The lowest BCUT2D eigenvalue weighted by atomic mass is 10.1. The van der Waals surface area contributed by atoms with Gasteiger partial charge >= 0.3 is 12.1 Å². The number of esters is 1. The molecule has 2 N–H and O–H groups in total. The van der Waals surface area contributed by atoms with Crippen molar-refractivity contribution in [3.63, 3.8) is 0 Å². The normalized spacial score (nSPS) is 11.4. The van der Waals surface area contributed by atoms with Gasteiger partial charge in [-0.3, -0.25) is 0 Å². The Bertz CT molecular complexity index is 444. The third-order valence-corrected chi connectivity index (χ3v) is 2.01. The van der Waals surface area contributed by atoms with E-state index < -0.39 is 23.7 Å². The molecule has 1 heterocycles. The number of hydrogen-bond acceptors (Lipinski definition) is 4. The predicted molar refractivity (Wildman–Crippen MR) is 54.3 cm³/mol. The largest absolute Gasteiger partial charge is 0.462 e. The lowest BCUT2D eigenvalue weighted by Gasteiger charge is -2.12. The minimum atomic E-state index is -4.59. The lowest BCUT2D eigenvalue weighted by Crippen LogP contribution is -2.16. The molecule has 0 aliphatic rings. The third-order valence-electron chi connectivity index (χ3n) is 2.01. The Hall–Kier alpha value is -1.79. The number of aromatic nitrogens is 1. The lowest BCUT2D eigenvalue weighted by molar-refractivity contribution is -0.141. The van der Waals surface area contributed by atoms with E-state index in [2.05, 4.69) is 9.72 Å². The molecule has 0 saturated carbocycles. The average molecular weight is 248 g/mol. The van der Waals surface area contributed by atoms with Gasteiger partial charge in [0.25, 0.3) is 0 Å². The average Bonchev–Trinajstić information content (AvgIpc) is 2.19. The van der Waals surface area contributed by atoms with Gasteiger partial charge in [0.2, 0.25) is 0 Å². The van der Waals surface area contributed by atoms with E-state index in [0.717, 1.165) is 6.07 Å². The molecule has 0 fully saturated rings. The number of nitrogen functional groups attached to an aromatic ring is 1. The topological polar surface area (TPSA) is 65.2 Å². The number of halogens is 3. The van der Waals surface area contributed by atoms with E-state index in [1.807, 2.05) is 0 Å². The molecule has 7 heteroatoms. The number of aryl methyl sites for hydroxylation is 1. The fraction of sp³-hybridized carbons (Fsp3) is 0.400. The van der Waals surface area contributed by atoms with Crippen LogP contribution in [0.25, 0.3) is 0 Å². The summed E-state index contributed by atoms with van der Waals surface area (Å²) in [6.45, 7) is 2.90. The molecule has 94 valence electrons. The SMILES string of the molecule is CCOC(=O)c1cc(C)c(C(F)(F)F)nc1N. The van der Waals surface area contributed by atoms with Crippen LogP contribution in [-0.2, 0) is 10.9 Å². The van der Waals surface area contributed by atoms with E-state index in [1.54, 1.807) is 6.92 Å². The van der Waals surface area contributed by atoms with Crippen LogP contribution in [0, 0.1) is 6.92 Å². The number of alkyl halides is 3. The zero-order valence-corrected chi connectivity index (χ0v) is 9.26. The highest BCUT2D eigenvalue weighted by atomic mass is 19.4. The Labute approximate surface area is 95.6 Å². The van der Waals surface area contributed by atoms with Crippen LogP contribution in [0.2, 0.25) is 0 Å². The van der Waals surface area contributed by atoms with E-state index in [4.69, 9.17) is 5.73 Å². The number of ether oxygens (including phenoxy) is 1. The van der Waals surface area contributed by atoms with Gasteiger partial charge in [0, 0.05) is 0 Å². The number of anilines is 1. The second-order valence-electron chi connectivity index (χ2n) is 3.30. The molecule has 0 spiro atoms. The number of nitrogens with two attached hydrogens (primary N) is 1. The van der Waals surface area contributed by atoms with Crippen molar-refractivity contribution < 1.29 is 22.7 Å². The van der Waals surface area contributed by atoms with E-state index in [-0.39, 0.29) is 17.7 Å². The van der Waals surface area contributed by atoms with E-state index in [0.29, 0.717) is 0 Å². The number of hydrogen-bond donors (Lipinski definition) is 1. The van der Waals surface area contributed by atoms with Gasteiger partial charge in [-0.05, 0) is 25.5 Å². The Balaban J connectivity index is 3.23. The minimum Gasteiger partial charge on any atom is -0.462 e. The number of rotatable bonds is 2. The Morgan fingerprint density at radius 1 is 1.53 bits per heavy atom. The number of carbonyl (C=O) groups is 1. The first-order chi connectivity index (χ1) is 7.77. The summed E-state index contributed by atoms with van der Waals surface area (Å²) < 4.78 is 42.1. The fourth-order valence-electron chi connectivity index (χ4n) is 1.29. The summed E-state index contributed by atoms with van der Waals surface area (Å²) in [5.74, 6) is -1.27. The van der Waals surface area contributed by atoms with Crippen LogP contribution in [0.15, 0.2) is 6.07 Å². The molecular weight excluding hydrogens is 237 g/mol. The number of pyridine rings is 1. The Kier molecular flexibility index (Phi) is 3.59. The van der Waals surface area contributed by atoms with Crippen molar-refractivity contribution in [1.29, 1.82) is 0 Å². The van der Waals surface area contributed by atoms with Crippen molar-refractivity contribution in [3.05, 3.63) is 22.9 Å². The molecule has 1 aromatic heterocycles. The summed E-state index contributed by atoms with van der Waals surface area (Å²) in [5, 5.41) is 0. The van der Waals surface area contributed by atoms with Crippen LogP contribution in [0.4, 0.5) is 19.0 Å². The molecule has 1 rings (SSSR count). The molecule has 0 aliphatic carbocycles. The highest BCUT2D eigenvalue weighted by Gasteiger charge is 2.35. The zero-order chi connectivity index (χ0) is 13.2. The van der Waals surface area contributed by atoms with Crippen molar-refractivity contribution in [1.82, 2.24) is 4.98 Å². The molecule has 17 heavy (non-hydrogen) atoms. The molecule has 0 bridgehead atoms. The maximum atomic E-state index is 12.5. The van der Waals surface area contributed by atoms with Crippen LogP contribution < -0.4 is 5.73 Å². The van der Waals surface area contributed by atoms with Crippen LogP contribution >= 0.6 is 0 Å². The smallest absolute Gasteiger partial charge is 0.433 e. The second-order valence-corrected chi connectivity index (χ2v) is 3.30. The van der Waals surface area contributed by atoms with Gasteiger partial charge in [0.1, 0.15) is 17.1 Å². The van der Waals surface area contributed by atoms with E-state index >= 15 is 0 Å². The van der Waals surface area contributed by atoms with Crippen LogP contribution in [0.5, 0.6) is 0 Å². The quantitative estimate of drug-likeness (QED) is 0.814. The monoisotopic (exact) mass is 248 g/mol. The molecule has 0 saturated heterocycles. The summed E-state index contributed by atoms with van der Waals surface area (Å²) in [5.41, 5.74) is 3.89. The van der Waals surface area contributed by atoms with Crippen molar-refractivity contribution in [2.75, 3.05) is 12.3 Å². The summed E-state index contributed by atoms with van der Waals surface area (Å²) >= 11 is 0. The van der Waals surface area contributed by atoms with Crippen LogP contribution in [-0.4, -0.2) is 17.6 Å².